The van der Waals surface area contributed by atoms with Crippen LogP contribution in [0.2, 0.25) is 10.2 Å². The van der Waals surface area contributed by atoms with E-state index >= 15 is 0 Å². The molecule has 2 aromatic heterocycles. The highest BCUT2D eigenvalue weighted by atomic mass is 35.5. The average Bonchev–Trinajstić information content (AvgIpc) is 3.00. The van der Waals surface area contributed by atoms with E-state index in [4.69, 9.17) is 23.2 Å². The summed E-state index contributed by atoms with van der Waals surface area (Å²) in [5.74, 6) is 0.172. The predicted octanol–water partition coefficient (Wildman–Crippen LogP) is 4.65. The van der Waals surface area contributed by atoms with Crippen molar-refractivity contribution in [1.82, 2.24) is 24.6 Å². The van der Waals surface area contributed by atoms with Crippen molar-refractivity contribution in [2.75, 3.05) is 25.5 Å². The summed E-state index contributed by atoms with van der Waals surface area (Å²) < 4.78 is 16.5. The molecule has 1 aliphatic heterocycles. The van der Waals surface area contributed by atoms with Gasteiger partial charge in [0, 0.05) is 35.6 Å². The number of alkyl halides is 1. The molecule has 7 nitrogen and oxygen atoms in total. The van der Waals surface area contributed by atoms with Crippen LogP contribution < -0.4 is 5.32 Å². The largest absolute Gasteiger partial charge is 0.389 e. The second-order valence-electron chi connectivity index (χ2n) is 9.31. The van der Waals surface area contributed by atoms with Crippen LogP contribution in [-0.4, -0.2) is 61.7 Å². The zero-order chi connectivity index (χ0) is 23.2. The number of hydrogen-bond donors (Lipinski definition) is 2. The molecule has 0 aliphatic carbocycles. The zero-order valence-electron chi connectivity index (χ0n) is 18.5. The lowest BCUT2D eigenvalue weighted by atomic mass is 9.80. The van der Waals surface area contributed by atoms with Crippen molar-refractivity contribution < 1.29 is 9.50 Å². The maximum Gasteiger partial charge on any atom is 0.227 e. The Morgan fingerprint density at radius 1 is 1.25 bits per heavy atom. The molecule has 1 aliphatic rings. The summed E-state index contributed by atoms with van der Waals surface area (Å²) in [5, 5.41) is 18.9. The van der Waals surface area contributed by atoms with Gasteiger partial charge in [0.15, 0.2) is 5.15 Å². The average molecular weight is 481 g/mol. The van der Waals surface area contributed by atoms with Gasteiger partial charge in [0.25, 0.3) is 0 Å². The molecule has 0 amide bonds. The van der Waals surface area contributed by atoms with Gasteiger partial charge >= 0.3 is 0 Å². The van der Waals surface area contributed by atoms with Gasteiger partial charge in [-0.25, -0.2) is 19.0 Å². The van der Waals surface area contributed by atoms with E-state index in [1.807, 2.05) is 24.9 Å². The lowest BCUT2D eigenvalue weighted by Crippen LogP contribution is -2.43. The number of rotatable bonds is 5. The number of halogens is 3. The normalized spacial score (nSPS) is 22.4. The Hall–Kier alpha value is -2.00. The van der Waals surface area contributed by atoms with E-state index in [0.29, 0.717) is 33.9 Å². The van der Waals surface area contributed by atoms with E-state index in [-0.39, 0.29) is 18.4 Å². The third-order valence-electron chi connectivity index (χ3n) is 5.70. The minimum absolute atomic E-state index is 0.124. The third kappa shape index (κ3) is 4.83. The van der Waals surface area contributed by atoms with Crippen molar-refractivity contribution in [3.05, 3.63) is 40.3 Å². The second-order valence-corrected chi connectivity index (χ2v) is 10.1. The van der Waals surface area contributed by atoms with Crippen molar-refractivity contribution in [1.29, 1.82) is 0 Å². The minimum Gasteiger partial charge on any atom is -0.389 e. The number of fused-ring (bicyclic) bond motifs is 1. The van der Waals surface area contributed by atoms with E-state index in [1.54, 1.807) is 32.3 Å². The van der Waals surface area contributed by atoms with Crippen LogP contribution in [0.5, 0.6) is 0 Å². The molecule has 2 N–H and O–H groups in total. The molecule has 1 aromatic carbocycles. The molecule has 0 saturated carbocycles. The van der Waals surface area contributed by atoms with E-state index in [9.17, 15) is 9.50 Å². The van der Waals surface area contributed by atoms with Crippen LogP contribution in [-0.2, 0) is 6.54 Å². The molecule has 32 heavy (non-hydrogen) atoms. The number of piperidine rings is 1. The number of nitrogens with zero attached hydrogens (tertiary/aromatic N) is 5. The van der Waals surface area contributed by atoms with E-state index in [1.165, 1.54) is 4.68 Å². The van der Waals surface area contributed by atoms with Gasteiger partial charge in [0.1, 0.15) is 6.17 Å². The molecule has 0 radical (unpaired) electrons. The molecular weight excluding hydrogens is 454 g/mol. The summed E-state index contributed by atoms with van der Waals surface area (Å²) in [4.78, 5) is 10.9. The first-order chi connectivity index (χ1) is 15.0. The smallest absolute Gasteiger partial charge is 0.227 e. The van der Waals surface area contributed by atoms with Crippen LogP contribution in [0.25, 0.3) is 10.9 Å². The highest BCUT2D eigenvalue weighted by Crippen LogP contribution is 2.39. The lowest BCUT2D eigenvalue weighted by molar-refractivity contribution is 0.0578. The summed E-state index contributed by atoms with van der Waals surface area (Å²) in [7, 11) is 1.93. The zero-order valence-corrected chi connectivity index (χ0v) is 20.0. The van der Waals surface area contributed by atoms with Gasteiger partial charge in [0.2, 0.25) is 5.95 Å². The summed E-state index contributed by atoms with van der Waals surface area (Å²) in [6, 6.07) is 3.66. The van der Waals surface area contributed by atoms with Gasteiger partial charge in [-0.3, -0.25) is 0 Å². The summed E-state index contributed by atoms with van der Waals surface area (Å²) in [6.45, 7) is 6.85. The number of nitrogens with one attached hydrogen (secondary N) is 1. The number of anilines is 2. The van der Waals surface area contributed by atoms with Crippen LogP contribution in [0.3, 0.4) is 0 Å². The Kier molecular flexibility index (Phi) is 6.33. The minimum atomic E-state index is -1.00. The van der Waals surface area contributed by atoms with E-state index < -0.39 is 11.8 Å². The Labute approximate surface area is 196 Å². The number of likely N-dealkylation sites (tertiary alicyclic amines) is 1. The highest BCUT2D eigenvalue weighted by Gasteiger charge is 2.35. The lowest BCUT2D eigenvalue weighted by Gasteiger charge is -2.38. The first-order valence-corrected chi connectivity index (χ1v) is 11.3. The summed E-state index contributed by atoms with van der Waals surface area (Å²) in [5.41, 5.74) is 1.01. The molecule has 1 saturated heterocycles. The monoisotopic (exact) mass is 480 g/mol. The number of aromatic nitrogens is 4. The Morgan fingerprint density at radius 2 is 2.00 bits per heavy atom. The fourth-order valence-electron chi connectivity index (χ4n) is 4.38. The molecule has 3 heterocycles. The first kappa shape index (κ1) is 23.2. The van der Waals surface area contributed by atoms with Crippen LogP contribution in [0.15, 0.2) is 24.5 Å². The number of hydrogen-bond acceptors (Lipinski definition) is 6. The van der Waals surface area contributed by atoms with Crippen LogP contribution in [0, 0.1) is 5.92 Å². The molecule has 4 rings (SSSR count). The van der Waals surface area contributed by atoms with Gasteiger partial charge < -0.3 is 15.3 Å². The van der Waals surface area contributed by atoms with Crippen LogP contribution >= 0.6 is 23.2 Å². The fourth-order valence-corrected chi connectivity index (χ4v) is 4.88. The Balaban J connectivity index is 1.64. The molecule has 3 aromatic rings. The topological polar surface area (TPSA) is 79.1 Å². The van der Waals surface area contributed by atoms with Crippen LogP contribution in [0.1, 0.15) is 32.3 Å². The van der Waals surface area contributed by atoms with Gasteiger partial charge in [-0.2, -0.15) is 5.10 Å². The highest BCUT2D eigenvalue weighted by molar-refractivity contribution is 6.32. The molecule has 3 atom stereocenters. The van der Waals surface area contributed by atoms with Gasteiger partial charge in [0.05, 0.1) is 29.5 Å². The second kappa shape index (κ2) is 8.74. The van der Waals surface area contributed by atoms with Crippen molar-refractivity contribution in [2.45, 2.75) is 45.0 Å². The number of aliphatic hydroxyl groups is 1. The van der Waals surface area contributed by atoms with Gasteiger partial charge in [-0.15, -0.1) is 0 Å². The molecule has 0 bridgehead atoms. The molecular formula is C22H27Cl2FN6O. The predicted molar refractivity (Wildman–Crippen MR) is 126 cm³/mol. The Bertz CT molecular complexity index is 1120. The van der Waals surface area contributed by atoms with Crippen molar-refractivity contribution in [3.63, 3.8) is 0 Å². The molecule has 3 unspecified atom stereocenters. The maximum atomic E-state index is 15.0. The van der Waals surface area contributed by atoms with Gasteiger partial charge in [-0.05, 0) is 44.5 Å². The molecule has 10 heteroatoms. The fraction of sp³-hybridized carbons (Fsp3) is 0.500. The summed E-state index contributed by atoms with van der Waals surface area (Å²) in [6.07, 6.45) is 2.22. The first-order valence-electron chi connectivity index (χ1n) is 10.5. The maximum absolute atomic E-state index is 15.0. The molecule has 1 fully saturated rings. The number of benzene rings is 1. The van der Waals surface area contributed by atoms with Crippen LogP contribution in [0.4, 0.5) is 16.0 Å². The van der Waals surface area contributed by atoms with Crippen molar-refractivity contribution in [3.8, 4) is 0 Å². The quantitative estimate of drug-likeness (QED) is 0.553. The third-order valence-corrected chi connectivity index (χ3v) is 6.43. The summed E-state index contributed by atoms with van der Waals surface area (Å²) >= 11 is 12.9. The standard InChI is InChI=1S/C22H27Cl2FN6O/c1-12-9-30(4)10-16(25)19(12)14-6-17-13(5-15(14)23)7-26-21(28-17)29-18-8-27-31(20(18)24)11-22(2,3)32/h5-8,12,16,19,32H,9-11H2,1-4H3,(H,26,28,29). The van der Waals surface area contributed by atoms with E-state index in [2.05, 4.69) is 20.4 Å². The van der Waals surface area contributed by atoms with E-state index in [0.717, 1.165) is 17.5 Å². The van der Waals surface area contributed by atoms with Gasteiger partial charge in [-0.1, -0.05) is 30.1 Å². The molecule has 172 valence electrons. The van der Waals surface area contributed by atoms with Crippen molar-refractivity contribution in [2.24, 2.45) is 5.92 Å². The Morgan fingerprint density at radius 3 is 2.69 bits per heavy atom. The SMILES string of the molecule is CC1CN(C)CC(F)C1c1cc2nc(Nc3cnn(CC(C)(C)O)c3Cl)ncc2cc1Cl. The van der Waals surface area contributed by atoms with Crippen molar-refractivity contribution >= 4 is 45.7 Å². The molecule has 0 spiro atoms.